The Balaban J connectivity index is 2.05. The van der Waals surface area contributed by atoms with Crippen LogP contribution >= 0.6 is 0 Å². The molecule has 1 aliphatic heterocycles. The Labute approximate surface area is 117 Å². The van der Waals surface area contributed by atoms with Gasteiger partial charge in [0, 0.05) is 26.7 Å². The highest BCUT2D eigenvalue weighted by molar-refractivity contribution is 7.86. The van der Waals surface area contributed by atoms with E-state index in [1.165, 1.54) is 28.8 Å². The van der Waals surface area contributed by atoms with E-state index in [4.69, 9.17) is 9.15 Å². The van der Waals surface area contributed by atoms with Crippen LogP contribution in [0.2, 0.25) is 0 Å². The molecule has 0 radical (unpaired) electrons. The van der Waals surface area contributed by atoms with Gasteiger partial charge in [-0.2, -0.15) is 17.0 Å². The molecular formula is C12H18N2O5S. The molecule has 8 heteroatoms. The van der Waals surface area contributed by atoms with Crippen molar-refractivity contribution < 1.29 is 17.6 Å². The van der Waals surface area contributed by atoms with Crippen molar-refractivity contribution in [1.29, 1.82) is 0 Å². The van der Waals surface area contributed by atoms with Crippen LogP contribution in [0.1, 0.15) is 12.2 Å². The molecular weight excluding hydrogens is 284 g/mol. The van der Waals surface area contributed by atoms with E-state index in [-0.39, 0.29) is 12.6 Å². The quantitative estimate of drug-likeness (QED) is 0.794. The average Bonchev–Trinajstić information content (AvgIpc) is 2.76. The van der Waals surface area contributed by atoms with Crippen molar-refractivity contribution in [1.82, 2.24) is 8.61 Å². The Morgan fingerprint density at radius 1 is 1.40 bits per heavy atom. The predicted octanol–water partition coefficient (Wildman–Crippen LogP) is 0.208. The SMILES string of the molecule is Cc1cc(OC2CCN(S(=O)(=O)N(C)C)C2)cc(=O)o1. The second-order valence-electron chi connectivity index (χ2n) is 4.90. The lowest BCUT2D eigenvalue weighted by atomic mass is 10.3. The van der Waals surface area contributed by atoms with Crippen molar-refractivity contribution in [2.75, 3.05) is 27.2 Å². The molecule has 20 heavy (non-hydrogen) atoms. The Morgan fingerprint density at radius 2 is 2.10 bits per heavy atom. The first-order chi connectivity index (χ1) is 9.29. The molecule has 0 spiro atoms. The predicted molar refractivity (Wildman–Crippen MR) is 72.9 cm³/mol. The van der Waals surface area contributed by atoms with Gasteiger partial charge in [0.2, 0.25) is 0 Å². The Hall–Kier alpha value is -1.38. The molecule has 1 atom stereocenters. The summed E-state index contributed by atoms with van der Waals surface area (Å²) in [6.45, 7) is 2.34. The summed E-state index contributed by atoms with van der Waals surface area (Å²) in [5.74, 6) is 0.871. The van der Waals surface area contributed by atoms with Gasteiger partial charge in [0.25, 0.3) is 10.2 Å². The molecule has 7 nitrogen and oxygen atoms in total. The van der Waals surface area contributed by atoms with E-state index in [2.05, 4.69) is 0 Å². The third-order valence-corrected chi connectivity index (χ3v) is 4.97. The van der Waals surface area contributed by atoms with E-state index in [9.17, 15) is 13.2 Å². The lowest BCUT2D eigenvalue weighted by Gasteiger charge is -2.20. The van der Waals surface area contributed by atoms with Crippen LogP contribution in [0.25, 0.3) is 0 Å². The molecule has 1 aliphatic rings. The molecule has 0 N–H and O–H groups in total. The molecule has 0 aromatic carbocycles. The number of nitrogens with zero attached hydrogens (tertiary/aromatic N) is 2. The maximum atomic E-state index is 12.0. The van der Waals surface area contributed by atoms with Gasteiger partial charge in [-0.1, -0.05) is 0 Å². The van der Waals surface area contributed by atoms with Crippen LogP contribution in [0, 0.1) is 6.92 Å². The third kappa shape index (κ3) is 3.20. The van der Waals surface area contributed by atoms with Gasteiger partial charge in [-0.05, 0) is 13.3 Å². The summed E-state index contributed by atoms with van der Waals surface area (Å²) in [5.41, 5.74) is -0.476. The second-order valence-corrected chi connectivity index (χ2v) is 7.04. The molecule has 1 unspecified atom stereocenters. The highest BCUT2D eigenvalue weighted by atomic mass is 32.2. The summed E-state index contributed by atoms with van der Waals surface area (Å²) in [6, 6.07) is 2.88. The standard InChI is InChI=1S/C12H18N2O5S/c1-9-6-11(7-12(15)18-9)19-10-4-5-14(8-10)20(16,17)13(2)3/h6-7,10H,4-5,8H2,1-3H3. The smallest absolute Gasteiger partial charge is 0.339 e. The normalized spacial score (nSPS) is 20.5. The minimum Gasteiger partial charge on any atom is -0.489 e. The van der Waals surface area contributed by atoms with Crippen molar-refractivity contribution in [2.24, 2.45) is 0 Å². The molecule has 0 aliphatic carbocycles. The van der Waals surface area contributed by atoms with Gasteiger partial charge < -0.3 is 9.15 Å². The maximum Gasteiger partial charge on any atom is 0.339 e. The van der Waals surface area contributed by atoms with Crippen LogP contribution in [-0.2, 0) is 10.2 Å². The first kappa shape index (κ1) is 15.0. The number of ether oxygens (including phenoxy) is 1. The first-order valence-electron chi connectivity index (χ1n) is 6.25. The van der Waals surface area contributed by atoms with Crippen molar-refractivity contribution in [3.63, 3.8) is 0 Å². The number of rotatable bonds is 4. The minimum absolute atomic E-state index is 0.258. The molecule has 1 aromatic heterocycles. The zero-order chi connectivity index (χ0) is 14.9. The first-order valence-corrected chi connectivity index (χ1v) is 7.65. The van der Waals surface area contributed by atoms with Crippen molar-refractivity contribution >= 4 is 10.2 Å². The summed E-state index contributed by atoms with van der Waals surface area (Å²) >= 11 is 0. The molecule has 0 amide bonds. The van der Waals surface area contributed by atoms with Gasteiger partial charge >= 0.3 is 5.63 Å². The summed E-state index contributed by atoms with van der Waals surface area (Å²) in [5, 5.41) is 0. The Morgan fingerprint density at radius 3 is 2.70 bits per heavy atom. The van der Waals surface area contributed by atoms with Crippen LogP contribution in [0.15, 0.2) is 21.3 Å². The monoisotopic (exact) mass is 302 g/mol. The van der Waals surface area contributed by atoms with Gasteiger partial charge in [-0.3, -0.25) is 0 Å². The molecule has 1 saturated heterocycles. The fourth-order valence-electron chi connectivity index (χ4n) is 2.07. The van der Waals surface area contributed by atoms with Crippen LogP contribution in [0.4, 0.5) is 0 Å². The largest absolute Gasteiger partial charge is 0.489 e. The number of hydrogen-bond donors (Lipinski definition) is 0. The Kier molecular flexibility index (Phi) is 4.17. The highest BCUT2D eigenvalue weighted by Gasteiger charge is 2.33. The van der Waals surface area contributed by atoms with Crippen molar-refractivity contribution in [3.8, 4) is 5.75 Å². The topological polar surface area (TPSA) is 80.1 Å². The van der Waals surface area contributed by atoms with Crippen molar-refractivity contribution in [3.05, 3.63) is 28.3 Å². The van der Waals surface area contributed by atoms with Crippen LogP contribution < -0.4 is 10.4 Å². The summed E-state index contributed by atoms with van der Waals surface area (Å²) in [7, 11) is -0.421. The Bertz CT molecular complexity index is 637. The zero-order valence-electron chi connectivity index (χ0n) is 11.7. The van der Waals surface area contributed by atoms with E-state index in [0.717, 1.165) is 0 Å². The number of aryl methyl sites for hydroxylation is 1. The second kappa shape index (κ2) is 5.55. The van der Waals surface area contributed by atoms with Crippen LogP contribution in [0.5, 0.6) is 5.75 Å². The fourth-order valence-corrected chi connectivity index (χ4v) is 3.22. The van der Waals surface area contributed by atoms with E-state index < -0.39 is 15.8 Å². The van der Waals surface area contributed by atoms with Crippen molar-refractivity contribution in [2.45, 2.75) is 19.4 Å². The summed E-state index contributed by atoms with van der Waals surface area (Å²) in [4.78, 5) is 11.2. The average molecular weight is 302 g/mol. The van der Waals surface area contributed by atoms with Gasteiger partial charge in [0.15, 0.2) is 0 Å². The lowest BCUT2D eigenvalue weighted by molar-refractivity contribution is 0.212. The maximum absolute atomic E-state index is 12.0. The molecule has 1 aromatic rings. The number of hydrogen-bond acceptors (Lipinski definition) is 5. The summed E-state index contributed by atoms with van der Waals surface area (Å²) < 4.78 is 37.0. The van der Waals surface area contributed by atoms with Gasteiger partial charge in [0.05, 0.1) is 12.6 Å². The molecule has 1 fully saturated rings. The van der Waals surface area contributed by atoms with E-state index in [1.54, 1.807) is 13.0 Å². The lowest BCUT2D eigenvalue weighted by Crippen LogP contribution is -2.39. The van der Waals surface area contributed by atoms with E-state index >= 15 is 0 Å². The van der Waals surface area contributed by atoms with Gasteiger partial charge in [-0.15, -0.1) is 0 Å². The van der Waals surface area contributed by atoms with Gasteiger partial charge in [0.1, 0.15) is 17.6 Å². The molecule has 112 valence electrons. The van der Waals surface area contributed by atoms with Gasteiger partial charge in [-0.25, -0.2) is 4.79 Å². The molecule has 0 saturated carbocycles. The van der Waals surface area contributed by atoms with Crippen LogP contribution in [0.3, 0.4) is 0 Å². The zero-order valence-corrected chi connectivity index (χ0v) is 12.5. The van der Waals surface area contributed by atoms with E-state index in [0.29, 0.717) is 24.5 Å². The molecule has 0 bridgehead atoms. The molecule has 2 rings (SSSR count). The molecule has 2 heterocycles. The fraction of sp³-hybridized carbons (Fsp3) is 0.583. The van der Waals surface area contributed by atoms with E-state index in [1.807, 2.05) is 0 Å². The minimum atomic E-state index is -3.41. The summed E-state index contributed by atoms with van der Waals surface area (Å²) in [6.07, 6.45) is 0.331. The third-order valence-electron chi connectivity index (χ3n) is 3.07. The highest BCUT2D eigenvalue weighted by Crippen LogP contribution is 2.20. The van der Waals surface area contributed by atoms with Crippen LogP contribution in [-0.4, -0.2) is 50.3 Å².